The molecule has 0 aliphatic carbocycles. The Morgan fingerprint density at radius 2 is 1.32 bits per heavy atom. The van der Waals surface area contributed by atoms with Gasteiger partial charge in [0.25, 0.3) is 0 Å². The number of carbonyl (C=O) groups excluding carboxylic acids is 2. The van der Waals surface area contributed by atoms with Gasteiger partial charge in [0, 0.05) is 12.0 Å². The molecule has 4 atom stereocenters. The zero-order valence-electron chi connectivity index (χ0n) is 14.2. The fourth-order valence-corrected chi connectivity index (χ4v) is 3.61. The first-order chi connectivity index (χ1) is 12.2. The van der Waals surface area contributed by atoms with Crippen LogP contribution in [-0.4, -0.2) is 32.2 Å². The van der Waals surface area contributed by atoms with E-state index in [1.165, 1.54) is 14.2 Å². The summed E-state index contributed by atoms with van der Waals surface area (Å²) >= 11 is 0. The molecule has 1 N–H and O–H groups in total. The predicted octanol–water partition coefficient (Wildman–Crippen LogP) is 2.45. The molecule has 5 nitrogen and oxygen atoms in total. The lowest BCUT2D eigenvalue weighted by Gasteiger charge is -2.23. The van der Waals surface area contributed by atoms with Gasteiger partial charge in [-0.15, -0.1) is 0 Å². The van der Waals surface area contributed by atoms with Crippen molar-refractivity contribution in [1.82, 2.24) is 5.32 Å². The predicted molar refractivity (Wildman–Crippen MR) is 92.8 cm³/mol. The van der Waals surface area contributed by atoms with Crippen LogP contribution in [0.5, 0.6) is 0 Å². The molecular formula is C20H21NO4. The molecule has 3 rings (SSSR count). The van der Waals surface area contributed by atoms with Gasteiger partial charge in [-0.3, -0.25) is 14.9 Å². The summed E-state index contributed by atoms with van der Waals surface area (Å²) in [7, 11) is 2.73. The van der Waals surface area contributed by atoms with Crippen molar-refractivity contribution in [3.63, 3.8) is 0 Å². The van der Waals surface area contributed by atoms with E-state index < -0.39 is 12.0 Å². The Morgan fingerprint density at radius 1 is 0.800 bits per heavy atom. The first-order valence-electron chi connectivity index (χ1n) is 8.19. The van der Waals surface area contributed by atoms with Crippen molar-refractivity contribution >= 4 is 11.9 Å². The largest absolute Gasteiger partial charge is 0.469 e. The fourth-order valence-electron chi connectivity index (χ4n) is 3.61. The molecule has 0 bridgehead atoms. The van der Waals surface area contributed by atoms with Gasteiger partial charge in [-0.1, -0.05) is 60.7 Å². The number of methoxy groups -OCH3 is 2. The maximum Gasteiger partial charge on any atom is 0.323 e. The van der Waals surface area contributed by atoms with Gasteiger partial charge >= 0.3 is 11.9 Å². The number of benzene rings is 2. The Hall–Kier alpha value is -2.66. The third-order valence-electron chi connectivity index (χ3n) is 4.74. The molecule has 0 amide bonds. The summed E-state index contributed by atoms with van der Waals surface area (Å²) in [5, 5.41) is 3.30. The van der Waals surface area contributed by atoms with Gasteiger partial charge in [0.05, 0.1) is 20.1 Å². The zero-order valence-corrected chi connectivity index (χ0v) is 14.2. The van der Waals surface area contributed by atoms with Crippen LogP contribution in [0.2, 0.25) is 0 Å². The number of esters is 2. The molecule has 2 aromatic carbocycles. The van der Waals surface area contributed by atoms with Gasteiger partial charge < -0.3 is 9.47 Å². The van der Waals surface area contributed by atoms with Crippen LogP contribution in [0.1, 0.15) is 23.1 Å². The second-order valence-corrected chi connectivity index (χ2v) is 6.04. The van der Waals surface area contributed by atoms with Crippen LogP contribution in [0.3, 0.4) is 0 Å². The molecule has 0 saturated carbocycles. The molecule has 5 heteroatoms. The van der Waals surface area contributed by atoms with E-state index in [2.05, 4.69) is 5.32 Å². The average molecular weight is 339 g/mol. The first-order valence-corrected chi connectivity index (χ1v) is 8.19. The molecule has 4 unspecified atom stereocenters. The van der Waals surface area contributed by atoms with E-state index in [-0.39, 0.29) is 23.9 Å². The van der Waals surface area contributed by atoms with E-state index in [0.29, 0.717) is 0 Å². The number of nitrogens with one attached hydrogen (secondary N) is 1. The summed E-state index contributed by atoms with van der Waals surface area (Å²) in [4.78, 5) is 25.0. The maximum atomic E-state index is 12.6. The Bertz CT molecular complexity index is 732. The molecule has 1 fully saturated rings. The lowest BCUT2D eigenvalue weighted by atomic mass is 9.80. The maximum absolute atomic E-state index is 12.6. The van der Waals surface area contributed by atoms with E-state index in [4.69, 9.17) is 9.47 Å². The molecule has 1 aliphatic rings. The van der Waals surface area contributed by atoms with E-state index in [1.54, 1.807) is 0 Å². The van der Waals surface area contributed by atoms with Gasteiger partial charge in [-0.25, -0.2) is 0 Å². The van der Waals surface area contributed by atoms with E-state index in [0.717, 1.165) is 11.1 Å². The molecule has 2 aromatic rings. The van der Waals surface area contributed by atoms with Crippen LogP contribution in [0.15, 0.2) is 60.7 Å². The van der Waals surface area contributed by atoms with Gasteiger partial charge in [-0.2, -0.15) is 0 Å². The minimum Gasteiger partial charge on any atom is -0.469 e. The minimum absolute atomic E-state index is 0.331. The van der Waals surface area contributed by atoms with E-state index in [1.807, 2.05) is 60.7 Å². The SMILES string of the molecule is COC(=O)C1NC(c2ccccc2)C(C(=O)OC)C1c1ccccc1. The molecule has 1 aliphatic heterocycles. The highest BCUT2D eigenvalue weighted by Gasteiger charge is 2.51. The lowest BCUT2D eigenvalue weighted by molar-refractivity contribution is -0.146. The topological polar surface area (TPSA) is 64.6 Å². The van der Waals surface area contributed by atoms with Crippen LogP contribution in [0.25, 0.3) is 0 Å². The van der Waals surface area contributed by atoms with Crippen molar-refractivity contribution in [2.24, 2.45) is 5.92 Å². The van der Waals surface area contributed by atoms with Crippen LogP contribution in [-0.2, 0) is 19.1 Å². The minimum atomic E-state index is -0.623. The quantitative estimate of drug-likeness (QED) is 0.867. The van der Waals surface area contributed by atoms with Crippen molar-refractivity contribution in [3.05, 3.63) is 71.8 Å². The Kier molecular flexibility index (Phi) is 5.14. The van der Waals surface area contributed by atoms with Gasteiger partial charge in [0.1, 0.15) is 6.04 Å². The highest BCUT2D eigenvalue weighted by molar-refractivity contribution is 5.83. The van der Waals surface area contributed by atoms with Gasteiger partial charge in [0.15, 0.2) is 0 Å². The van der Waals surface area contributed by atoms with Crippen LogP contribution in [0, 0.1) is 5.92 Å². The molecule has 0 spiro atoms. The fraction of sp³-hybridized carbons (Fsp3) is 0.300. The van der Waals surface area contributed by atoms with Crippen molar-refractivity contribution < 1.29 is 19.1 Å². The summed E-state index contributed by atoms with van der Waals surface area (Å²) < 4.78 is 10.0. The standard InChI is InChI=1S/C20H21NO4/c1-24-19(22)16-15(13-9-5-3-6-10-13)18(20(23)25-2)21-17(16)14-11-7-4-8-12-14/h3-12,15-18,21H,1-2H3. The summed E-state index contributed by atoms with van der Waals surface area (Å²) in [6.07, 6.45) is 0. The molecule has 1 saturated heterocycles. The second kappa shape index (κ2) is 7.49. The molecule has 130 valence electrons. The Labute approximate surface area is 147 Å². The van der Waals surface area contributed by atoms with Crippen LogP contribution >= 0.6 is 0 Å². The summed E-state index contributed by atoms with van der Waals surface area (Å²) in [6, 6.07) is 18.2. The van der Waals surface area contributed by atoms with Crippen LogP contribution < -0.4 is 5.32 Å². The highest BCUT2D eigenvalue weighted by atomic mass is 16.5. The first kappa shape index (κ1) is 17.2. The van der Waals surface area contributed by atoms with Crippen molar-refractivity contribution in [1.29, 1.82) is 0 Å². The van der Waals surface area contributed by atoms with Crippen molar-refractivity contribution in [2.45, 2.75) is 18.0 Å². The number of hydrogen-bond donors (Lipinski definition) is 1. The Morgan fingerprint density at radius 3 is 1.84 bits per heavy atom. The number of hydrogen-bond acceptors (Lipinski definition) is 5. The number of rotatable bonds is 4. The number of ether oxygens (including phenoxy) is 2. The normalized spacial score (nSPS) is 25.4. The summed E-state index contributed by atoms with van der Waals surface area (Å²) in [5.74, 6) is -1.63. The van der Waals surface area contributed by atoms with Crippen molar-refractivity contribution in [2.75, 3.05) is 14.2 Å². The van der Waals surface area contributed by atoms with Crippen molar-refractivity contribution in [3.8, 4) is 0 Å². The smallest absolute Gasteiger partial charge is 0.323 e. The van der Waals surface area contributed by atoms with E-state index >= 15 is 0 Å². The second-order valence-electron chi connectivity index (χ2n) is 6.04. The molecule has 0 radical (unpaired) electrons. The molecule has 25 heavy (non-hydrogen) atoms. The summed E-state index contributed by atoms with van der Waals surface area (Å²) in [5.41, 5.74) is 1.84. The molecule has 0 aromatic heterocycles. The number of carbonyl (C=O) groups is 2. The summed E-state index contributed by atoms with van der Waals surface area (Å²) in [6.45, 7) is 0. The molecular weight excluding hydrogens is 318 g/mol. The highest BCUT2D eigenvalue weighted by Crippen LogP contribution is 2.44. The van der Waals surface area contributed by atoms with E-state index in [9.17, 15) is 9.59 Å². The van der Waals surface area contributed by atoms with Gasteiger partial charge in [-0.05, 0) is 11.1 Å². The molecule has 1 heterocycles. The lowest BCUT2D eigenvalue weighted by Crippen LogP contribution is -2.36. The Balaban J connectivity index is 2.09. The third kappa shape index (κ3) is 3.28. The third-order valence-corrected chi connectivity index (χ3v) is 4.74. The zero-order chi connectivity index (χ0) is 17.8. The monoisotopic (exact) mass is 339 g/mol. The average Bonchev–Trinajstić information content (AvgIpc) is 3.08. The van der Waals surface area contributed by atoms with Gasteiger partial charge in [0.2, 0.25) is 0 Å². The van der Waals surface area contributed by atoms with Crippen LogP contribution in [0.4, 0.5) is 0 Å².